The van der Waals surface area contributed by atoms with Crippen LogP contribution in [0.4, 0.5) is 0 Å². The third-order valence-electron chi connectivity index (χ3n) is 3.47. The van der Waals surface area contributed by atoms with Crippen molar-refractivity contribution in [2.24, 2.45) is 0 Å². The minimum Gasteiger partial charge on any atom is -0.478 e. The van der Waals surface area contributed by atoms with Crippen LogP contribution in [0.3, 0.4) is 0 Å². The zero-order valence-electron chi connectivity index (χ0n) is 13.5. The van der Waals surface area contributed by atoms with Crippen LogP contribution in [-0.2, 0) is 26.1 Å². The van der Waals surface area contributed by atoms with E-state index in [0.717, 1.165) is 11.4 Å². The van der Waals surface area contributed by atoms with E-state index in [9.17, 15) is 23.1 Å². The third-order valence-corrected chi connectivity index (χ3v) is 5.32. The van der Waals surface area contributed by atoms with Gasteiger partial charge in [-0.25, -0.2) is 13.2 Å². The fraction of sp³-hybridized carbons (Fsp3) is 0.176. The Hall–Kier alpha value is -2.71. The predicted molar refractivity (Wildman–Crippen MR) is 89.5 cm³/mol. The van der Waals surface area contributed by atoms with Gasteiger partial charge in [0, 0.05) is 6.54 Å². The number of hydrogen-bond donors (Lipinski definition) is 1. The average Bonchev–Trinajstić information content (AvgIpc) is 2.61. The van der Waals surface area contributed by atoms with E-state index in [4.69, 9.17) is 0 Å². The summed E-state index contributed by atoms with van der Waals surface area (Å²) in [4.78, 5) is 22.6. The molecule has 0 amide bonds. The highest BCUT2D eigenvalue weighted by Crippen LogP contribution is 2.22. The summed E-state index contributed by atoms with van der Waals surface area (Å²) in [6.45, 7) is -0.617. The fourth-order valence-electron chi connectivity index (χ4n) is 2.23. The lowest BCUT2D eigenvalue weighted by Crippen LogP contribution is -2.36. The van der Waals surface area contributed by atoms with E-state index < -0.39 is 28.5 Å². The molecule has 0 aliphatic heterocycles. The second-order valence-corrected chi connectivity index (χ2v) is 7.04. The van der Waals surface area contributed by atoms with Crippen molar-refractivity contribution in [3.8, 4) is 0 Å². The number of carboxylic acids is 1. The molecule has 0 saturated heterocycles. The van der Waals surface area contributed by atoms with Gasteiger partial charge < -0.3 is 9.84 Å². The number of carbonyl (C=O) groups excluding carboxylic acids is 1. The van der Waals surface area contributed by atoms with Gasteiger partial charge in [0.05, 0.1) is 17.6 Å². The average molecular weight is 363 g/mol. The summed E-state index contributed by atoms with van der Waals surface area (Å²) in [5.74, 6) is -2.11. The van der Waals surface area contributed by atoms with Crippen molar-refractivity contribution in [3.63, 3.8) is 0 Å². The molecule has 2 rings (SSSR count). The summed E-state index contributed by atoms with van der Waals surface area (Å²) in [5, 5.41) is 9.25. The maximum Gasteiger partial charge on any atom is 0.337 e. The summed E-state index contributed by atoms with van der Waals surface area (Å²) < 4.78 is 31.4. The molecule has 1 N–H and O–H groups in total. The maximum atomic E-state index is 13.0. The summed E-state index contributed by atoms with van der Waals surface area (Å²) in [6.07, 6.45) is 0. The van der Waals surface area contributed by atoms with Gasteiger partial charge in [0.15, 0.2) is 0 Å². The number of aromatic carboxylic acids is 1. The molecule has 0 radical (unpaired) electrons. The quantitative estimate of drug-likeness (QED) is 0.752. The summed E-state index contributed by atoms with van der Waals surface area (Å²) in [7, 11) is -3.07. The molecular formula is C17H17NO6S. The Morgan fingerprint density at radius 1 is 1.04 bits per heavy atom. The topological polar surface area (TPSA) is 101 Å². The van der Waals surface area contributed by atoms with Gasteiger partial charge in [-0.1, -0.05) is 42.5 Å². The summed E-state index contributed by atoms with van der Waals surface area (Å²) in [6, 6.07) is 14.0. The molecule has 7 nitrogen and oxygen atoms in total. The Morgan fingerprint density at radius 2 is 1.64 bits per heavy atom. The molecule has 0 saturated carbocycles. The number of ether oxygens (including phenoxy) is 1. The summed E-state index contributed by atoms with van der Waals surface area (Å²) in [5.41, 5.74) is 0.299. The largest absolute Gasteiger partial charge is 0.478 e. The van der Waals surface area contributed by atoms with Crippen LogP contribution in [0.5, 0.6) is 0 Å². The van der Waals surface area contributed by atoms with Crippen LogP contribution < -0.4 is 0 Å². The second-order valence-electron chi connectivity index (χ2n) is 5.14. The van der Waals surface area contributed by atoms with E-state index in [1.807, 2.05) is 0 Å². The summed E-state index contributed by atoms with van der Waals surface area (Å²) >= 11 is 0. The third kappa shape index (κ3) is 4.43. The Bertz CT molecular complexity index is 864. The fourth-order valence-corrected chi connectivity index (χ4v) is 3.79. The Balaban J connectivity index is 2.48. The van der Waals surface area contributed by atoms with Crippen LogP contribution in [0, 0.1) is 0 Å². The van der Waals surface area contributed by atoms with E-state index in [2.05, 4.69) is 4.74 Å². The van der Waals surface area contributed by atoms with Gasteiger partial charge in [-0.2, -0.15) is 4.31 Å². The lowest BCUT2D eigenvalue weighted by Gasteiger charge is -2.22. The first kappa shape index (κ1) is 18.6. The van der Waals surface area contributed by atoms with Gasteiger partial charge in [-0.15, -0.1) is 0 Å². The molecule has 0 aliphatic carbocycles. The normalized spacial score (nSPS) is 11.3. The molecule has 0 bridgehead atoms. The van der Waals surface area contributed by atoms with E-state index in [0.29, 0.717) is 5.56 Å². The SMILES string of the molecule is COC(=O)CN(Cc1ccccc1)S(=O)(=O)c1ccccc1C(=O)O. The minimum atomic E-state index is -4.23. The van der Waals surface area contributed by atoms with E-state index in [-0.39, 0.29) is 17.0 Å². The van der Waals surface area contributed by atoms with E-state index in [1.165, 1.54) is 24.3 Å². The van der Waals surface area contributed by atoms with E-state index in [1.54, 1.807) is 30.3 Å². The molecule has 132 valence electrons. The molecular weight excluding hydrogens is 346 g/mol. The number of esters is 1. The van der Waals surface area contributed by atoms with Crippen LogP contribution in [0.2, 0.25) is 0 Å². The maximum absolute atomic E-state index is 13.0. The van der Waals surface area contributed by atoms with Crippen molar-refractivity contribution in [2.45, 2.75) is 11.4 Å². The molecule has 2 aromatic carbocycles. The number of sulfonamides is 1. The number of hydrogen-bond acceptors (Lipinski definition) is 5. The Morgan fingerprint density at radius 3 is 2.24 bits per heavy atom. The van der Waals surface area contributed by atoms with Gasteiger partial charge in [-0.3, -0.25) is 4.79 Å². The minimum absolute atomic E-state index is 0.0910. The van der Waals surface area contributed by atoms with Crippen molar-refractivity contribution in [2.75, 3.05) is 13.7 Å². The van der Waals surface area contributed by atoms with Crippen molar-refractivity contribution in [1.29, 1.82) is 0 Å². The molecule has 8 heteroatoms. The highest BCUT2D eigenvalue weighted by atomic mass is 32.2. The highest BCUT2D eigenvalue weighted by molar-refractivity contribution is 7.89. The van der Waals surface area contributed by atoms with Crippen molar-refractivity contribution in [1.82, 2.24) is 4.31 Å². The van der Waals surface area contributed by atoms with Gasteiger partial charge in [0.2, 0.25) is 10.0 Å². The number of methoxy groups -OCH3 is 1. The second kappa shape index (κ2) is 7.91. The number of carbonyl (C=O) groups is 2. The van der Waals surface area contributed by atoms with Gasteiger partial charge in [-0.05, 0) is 17.7 Å². The standard InChI is InChI=1S/C17H17NO6S/c1-24-16(19)12-18(11-13-7-3-2-4-8-13)25(22,23)15-10-6-5-9-14(15)17(20)21/h2-10H,11-12H2,1H3,(H,20,21). The molecule has 0 unspecified atom stereocenters. The van der Waals surface area contributed by atoms with Crippen molar-refractivity contribution in [3.05, 3.63) is 65.7 Å². The Labute approximate surface area is 145 Å². The van der Waals surface area contributed by atoms with Crippen LogP contribution in [-0.4, -0.2) is 43.4 Å². The number of carboxylic acid groups (broad SMARTS) is 1. The first-order chi connectivity index (χ1) is 11.9. The predicted octanol–water partition coefficient (Wildman–Crippen LogP) is 1.75. The molecule has 0 atom stereocenters. The monoisotopic (exact) mass is 363 g/mol. The molecule has 0 fully saturated rings. The van der Waals surface area contributed by atoms with Crippen LogP contribution in [0.1, 0.15) is 15.9 Å². The van der Waals surface area contributed by atoms with Crippen molar-refractivity contribution >= 4 is 22.0 Å². The lowest BCUT2D eigenvalue weighted by molar-refractivity contribution is -0.140. The number of benzene rings is 2. The molecule has 2 aromatic rings. The highest BCUT2D eigenvalue weighted by Gasteiger charge is 2.30. The van der Waals surface area contributed by atoms with Crippen LogP contribution in [0.25, 0.3) is 0 Å². The number of rotatable bonds is 7. The first-order valence-electron chi connectivity index (χ1n) is 7.29. The molecule has 0 spiro atoms. The van der Waals surface area contributed by atoms with Crippen LogP contribution in [0.15, 0.2) is 59.5 Å². The van der Waals surface area contributed by atoms with Gasteiger partial charge in [0.1, 0.15) is 6.54 Å². The van der Waals surface area contributed by atoms with Gasteiger partial charge >= 0.3 is 11.9 Å². The molecule has 25 heavy (non-hydrogen) atoms. The van der Waals surface area contributed by atoms with Gasteiger partial charge in [0.25, 0.3) is 0 Å². The molecule has 0 heterocycles. The zero-order chi connectivity index (χ0) is 18.4. The molecule has 0 aliphatic rings. The van der Waals surface area contributed by atoms with Crippen LogP contribution >= 0.6 is 0 Å². The zero-order valence-corrected chi connectivity index (χ0v) is 14.3. The Kier molecular flexibility index (Phi) is 5.89. The molecule has 0 aromatic heterocycles. The smallest absolute Gasteiger partial charge is 0.337 e. The number of nitrogens with zero attached hydrogens (tertiary/aromatic N) is 1. The van der Waals surface area contributed by atoms with E-state index >= 15 is 0 Å². The van der Waals surface area contributed by atoms with Crippen molar-refractivity contribution < 1.29 is 27.9 Å². The first-order valence-corrected chi connectivity index (χ1v) is 8.73. The lowest BCUT2D eigenvalue weighted by atomic mass is 10.2.